The minimum absolute atomic E-state index is 0.0532. The van der Waals surface area contributed by atoms with Gasteiger partial charge in [0.15, 0.2) is 0 Å². The van der Waals surface area contributed by atoms with E-state index in [0.717, 1.165) is 44.5 Å². The van der Waals surface area contributed by atoms with Gasteiger partial charge in [-0.2, -0.15) is 0 Å². The smallest absolute Gasteiger partial charge is 0.312 e. The van der Waals surface area contributed by atoms with Crippen LogP contribution in [0, 0.1) is 5.41 Å². The van der Waals surface area contributed by atoms with Gasteiger partial charge in [-0.1, -0.05) is 31.5 Å². The highest BCUT2D eigenvalue weighted by Gasteiger charge is 2.39. The first-order valence-electron chi connectivity index (χ1n) is 7.83. The molecule has 21 heavy (non-hydrogen) atoms. The minimum Gasteiger partial charge on any atom is -0.490 e. The van der Waals surface area contributed by atoms with Gasteiger partial charge in [0.2, 0.25) is 0 Å². The molecule has 0 unspecified atom stereocenters. The van der Waals surface area contributed by atoms with Crippen LogP contribution >= 0.6 is 0 Å². The summed E-state index contributed by atoms with van der Waals surface area (Å²) in [5.74, 6) is 0.751. The number of hydrogen-bond acceptors (Lipinski definition) is 4. The van der Waals surface area contributed by atoms with Gasteiger partial charge in [0.1, 0.15) is 19.0 Å². The zero-order valence-corrected chi connectivity index (χ0v) is 12.8. The van der Waals surface area contributed by atoms with Gasteiger partial charge in [-0.15, -0.1) is 0 Å². The Labute approximate surface area is 126 Å². The molecule has 0 amide bonds. The molecule has 1 N–H and O–H groups in total. The SMILES string of the molecule is CCCC1(C(=O)OCCOc2ccccc2)CCNCC1. The van der Waals surface area contributed by atoms with Crippen molar-refractivity contribution < 1.29 is 14.3 Å². The molecule has 1 fully saturated rings. The molecule has 0 bridgehead atoms. The molecule has 1 aliphatic heterocycles. The Bertz CT molecular complexity index is 421. The lowest BCUT2D eigenvalue weighted by Gasteiger charge is -2.35. The molecule has 0 saturated carbocycles. The van der Waals surface area contributed by atoms with Crippen LogP contribution in [0.3, 0.4) is 0 Å². The molecule has 1 aromatic carbocycles. The minimum atomic E-state index is -0.285. The second-order valence-corrected chi connectivity index (χ2v) is 5.58. The molecule has 0 aromatic heterocycles. The number of para-hydroxylation sites is 1. The van der Waals surface area contributed by atoms with E-state index in [4.69, 9.17) is 9.47 Å². The van der Waals surface area contributed by atoms with Crippen LogP contribution in [0.1, 0.15) is 32.6 Å². The van der Waals surface area contributed by atoms with E-state index >= 15 is 0 Å². The second-order valence-electron chi connectivity index (χ2n) is 5.58. The van der Waals surface area contributed by atoms with E-state index < -0.39 is 0 Å². The Hall–Kier alpha value is -1.55. The van der Waals surface area contributed by atoms with Gasteiger partial charge in [-0.3, -0.25) is 4.79 Å². The summed E-state index contributed by atoms with van der Waals surface area (Å²) in [5.41, 5.74) is -0.285. The summed E-state index contributed by atoms with van der Waals surface area (Å²) in [6, 6.07) is 9.58. The maximum atomic E-state index is 12.4. The summed E-state index contributed by atoms with van der Waals surface area (Å²) in [4.78, 5) is 12.4. The number of carbonyl (C=O) groups is 1. The van der Waals surface area contributed by atoms with Gasteiger partial charge >= 0.3 is 5.97 Å². The fourth-order valence-corrected chi connectivity index (χ4v) is 2.90. The Morgan fingerprint density at radius 3 is 2.57 bits per heavy atom. The predicted octanol–water partition coefficient (Wildman–Crippen LogP) is 2.78. The molecule has 1 saturated heterocycles. The van der Waals surface area contributed by atoms with E-state index in [0.29, 0.717) is 13.2 Å². The van der Waals surface area contributed by atoms with Gasteiger partial charge in [0.25, 0.3) is 0 Å². The van der Waals surface area contributed by atoms with E-state index in [1.54, 1.807) is 0 Å². The van der Waals surface area contributed by atoms with Crippen molar-refractivity contribution in [2.75, 3.05) is 26.3 Å². The zero-order valence-electron chi connectivity index (χ0n) is 12.8. The van der Waals surface area contributed by atoms with E-state index in [1.807, 2.05) is 30.3 Å². The Morgan fingerprint density at radius 1 is 1.19 bits per heavy atom. The van der Waals surface area contributed by atoms with Crippen LogP contribution < -0.4 is 10.1 Å². The Morgan fingerprint density at radius 2 is 1.90 bits per heavy atom. The number of ether oxygens (including phenoxy) is 2. The highest BCUT2D eigenvalue weighted by atomic mass is 16.6. The van der Waals surface area contributed by atoms with Crippen molar-refractivity contribution in [2.24, 2.45) is 5.41 Å². The first-order chi connectivity index (χ1) is 10.3. The maximum absolute atomic E-state index is 12.4. The topological polar surface area (TPSA) is 47.6 Å². The monoisotopic (exact) mass is 291 g/mol. The van der Waals surface area contributed by atoms with Crippen molar-refractivity contribution in [1.29, 1.82) is 0 Å². The summed E-state index contributed by atoms with van der Waals surface area (Å²) < 4.78 is 11.0. The average Bonchev–Trinajstić information content (AvgIpc) is 2.53. The summed E-state index contributed by atoms with van der Waals surface area (Å²) in [6.07, 6.45) is 3.67. The summed E-state index contributed by atoms with van der Waals surface area (Å²) >= 11 is 0. The second kappa shape index (κ2) is 8.03. The third kappa shape index (κ3) is 4.46. The van der Waals surface area contributed by atoms with E-state index in [-0.39, 0.29) is 11.4 Å². The molecule has 0 spiro atoms. The standard InChI is InChI=1S/C17H25NO3/c1-2-8-17(9-11-18-12-10-17)16(19)21-14-13-20-15-6-4-3-5-7-15/h3-7,18H,2,8-14H2,1H3. The Balaban J connectivity index is 1.77. The van der Waals surface area contributed by atoms with Gasteiger partial charge in [-0.25, -0.2) is 0 Å². The predicted molar refractivity (Wildman–Crippen MR) is 82.3 cm³/mol. The van der Waals surface area contributed by atoms with Crippen molar-refractivity contribution in [3.8, 4) is 5.75 Å². The van der Waals surface area contributed by atoms with Crippen LogP contribution in [0.15, 0.2) is 30.3 Å². The van der Waals surface area contributed by atoms with Gasteiger partial charge in [0.05, 0.1) is 5.41 Å². The van der Waals surface area contributed by atoms with Crippen LogP contribution in [0.2, 0.25) is 0 Å². The largest absolute Gasteiger partial charge is 0.490 e. The third-order valence-electron chi connectivity index (χ3n) is 4.05. The summed E-state index contributed by atoms with van der Waals surface area (Å²) in [7, 11) is 0. The third-order valence-corrected chi connectivity index (χ3v) is 4.05. The van der Waals surface area contributed by atoms with E-state index in [9.17, 15) is 4.79 Å². The fourth-order valence-electron chi connectivity index (χ4n) is 2.90. The molecule has 1 heterocycles. The number of esters is 1. The summed E-state index contributed by atoms with van der Waals surface area (Å²) in [6.45, 7) is 4.63. The highest BCUT2D eigenvalue weighted by Crippen LogP contribution is 2.35. The van der Waals surface area contributed by atoms with Crippen LogP contribution in [0.4, 0.5) is 0 Å². The van der Waals surface area contributed by atoms with Crippen LogP contribution in [-0.2, 0) is 9.53 Å². The number of hydrogen-bond donors (Lipinski definition) is 1. The Kier molecular flexibility index (Phi) is 6.05. The number of benzene rings is 1. The molecule has 0 atom stereocenters. The maximum Gasteiger partial charge on any atom is 0.312 e. The molecule has 1 aromatic rings. The molecular weight excluding hydrogens is 266 g/mol. The molecule has 116 valence electrons. The lowest BCUT2D eigenvalue weighted by Crippen LogP contribution is -2.43. The molecule has 0 radical (unpaired) electrons. The number of rotatable bonds is 7. The first kappa shape index (κ1) is 15.8. The van der Waals surface area contributed by atoms with Crippen molar-refractivity contribution >= 4 is 5.97 Å². The van der Waals surface area contributed by atoms with Crippen molar-refractivity contribution in [3.05, 3.63) is 30.3 Å². The van der Waals surface area contributed by atoms with Crippen LogP contribution in [0.5, 0.6) is 5.75 Å². The van der Waals surface area contributed by atoms with Crippen molar-refractivity contribution in [1.82, 2.24) is 5.32 Å². The molecule has 0 aliphatic carbocycles. The molecule has 4 nitrogen and oxygen atoms in total. The zero-order chi connectivity index (χ0) is 15.0. The van der Waals surface area contributed by atoms with E-state index in [2.05, 4.69) is 12.2 Å². The lowest BCUT2D eigenvalue weighted by molar-refractivity contribution is -0.159. The summed E-state index contributed by atoms with van der Waals surface area (Å²) in [5, 5.41) is 3.31. The molecule has 4 heteroatoms. The van der Waals surface area contributed by atoms with Gasteiger partial charge in [0, 0.05) is 0 Å². The van der Waals surface area contributed by atoms with Crippen LogP contribution in [0.25, 0.3) is 0 Å². The molecule has 1 aliphatic rings. The average molecular weight is 291 g/mol. The number of nitrogens with one attached hydrogen (secondary N) is 1. The van der Waals surface area contributed by atoms with Crippen molar-refractivity contribution in [2.45, 2.75) is 32.6 Å². The lowest BCUT2D eigenvalue weighted by atomic mass is 9.75. The quantitative estimate of drug-likeness (QED) is 0.620. The first-order valence-corrected chi connectivity index (χ1v) is 7.83. The van der Waals surface area contributed by atoms with Gasteiger partial charge in [-0.05, 0) is 44.5 Å². The number of carbonyl (C=O) groups excluding carboxylic acids is 1. The highest BCUT2D eigenvalue weighted by molar-refractivity contribution is 5.77. The normalized spacial score (nSPS) is 17.2. The van der Waals surface area contributed by atoms with Gasteiger partial charge < -0.3 is 14.8 Å². The van der Waals surface area contributed by atoms with Crippen LogP contribution in [-0.4, -0.2) is 32.3 Å². The fraction of sp³-hybridized carbons (Fsp3) is 0.588. The molecule has 2 rings (SSSR count). The van der Waals surface area contributed by atoms with Crippen molar-refractivity contribution in [3.63, 3.8) is 0 Å². The molecular formula is C17H25NO3. The van der Waals surface area contributed by atoms with E-state index in [1.165, 1.54) is 0 Å². The number of piperidine rings is 1.